The Balaban J connectivity index is 1.98. The van der Waals surface area contributed by atoms with Gasteiger partial charge in [0.1, 0.15) is 11.8 Å². The number of methoxy groups -OCH3 is 1. The standard InChI is InChI=1S/C15H16N2O3/c1-19-15(18)13(16)9-11-7-8-14(17-10-11)20-12-5-3-2-4-6-12/h2-8,10,13H,9,16H2,1H3. The Bertz CT molecular complexity index is 555. The summed E-state index contributed by atoms with van der Waals surface area (Å²) in [6.45, 7) is 0. The zero-order valence-electron chi connectivity index (χ0n) is 11.2. The Morgan fingerprint density at radius 3 is 2.60 bits per heavy atom. The van der Waals surface area contributed by atoms with Crippen LogP contribution in [0.15, 0.2) is 48.7 Å². The number of esters is 1. The first-order valence-electron chi connectivity index (χ1n) is 6.20. The van der Waals surface area contributed by atoms with Gasteiger partial charge in [-0.1, -0.05) is 24.3 Å². The second-order valence-electron chi connectivity index (χ2n) is 4.25. The lowest BCUT2D eigenvalue weighted by molar-refractivity contribution is -0.142. The molecule has 0 amide bonds. The van der Waals surface area contributed by atoms with Crippen molar-refractivity contribution < 1.29 is 14.3 Å². The Hall–Kier alpha value is -2.40. The molecule has 0 radical (unpaired) electrons. The molecule has 5 heteroatoms. The summed E-state index contributed by atoms with van der Waals surface area (Å²) in [6, 6.07) is 12.3. The third kappa shape index (κ3) is 3.80. The van der Waals surface area contributed by atoms with Crippen LogP contribution in [0.3, 0.4) is 0 Å². The van der Waals surface area contributed by atoms with E-state index in [1.54, 1.807) is 12.3 Å². The fourth-order valence-electron chi connectivity index (χ4n) is 1.69. The van der Waals surface area contributed by atoms with Crippen LogP contribution in [-0.2, 0) is 16.0 Å². The van der Waals surface area contributed by atoms with Crippen LogP contribution in [0, 0.1) is 0 Å². The summed E-state index contributed by atoms with van der Waals surface area (Å²) >= 11 is 0. The van der Waals surface area contributed by atoms with Crippen LogP contribution in [0.1, 0.15) is 5.56 Å². The quantitative estimate of drug-likeness (QED) is 0.842. The molecular weight excluding hydrogens is 256 g/mol. The second kappa shape index (κ2) is 6.68. The highest BCUT2D eigenvalue weighted by Gasteiger charge is 2.14. The Morgan fingerprint density at radius 2 is 2.00 bits per heavy atom. The maximum absolute atomic E-state index is 11.2. The molecule has 20 heavy (non-hydrogen) atoms. The van der Waals surface area contributed by atoms with Gasteiger partial charge in [0.25, 0.3) is 0 Å². The maximum Gasteiger partial charge on any atom is 0.322 e. The van der Waals surface area contributed by atoms with E-state index >= 15 is 0 Å². The van der Waals surface area contributed by atoms with Gasteiger partial charge in [0.2, 0.25) is 5.88 Å². The van der Waals surface area contributed by atoms with Crippen LogP contribution in [0.4, 0.5) is 0 Å². The van der Waals surface area contributed by atoms with Crippen LogP contribution in [0.25, 0.3) is 0 Å². The largest absolute Gasteiger partial charge is 0.468 e. The van der Waals surface area contributed by atoms with Gasteiger partial charge in [-0.2, -0.15) is 0 Å². The SMILES string of the molecule is COC(=O)C(N)Cc1ccc(Oc2ccccc2)nc1. The molecule has 0 spiro atoms. The summed E-state index contributed by atoms with van der Waals surface area (Å²) in [4.78, 5) is 15.4. The summed E-state index contributed by atoms with van der Waals surface area (Å²) in [7, 11) is 1.32. The predicted molar refractivity (Wildman–Crippen MR) is 74.4 cm³/mol. The van der Waals surface area contributed by atoms with E-state index in [1.165, 1.54) is 7.11 Å². The molecule has 1 atom stereocenters. The molecule has 2 rings (SSSR count). The number of para-hydroxylation sites is 1. The average Bonchev–Trinajstić information content (AvgIpc) is 2.49. The van der Waals surface area contributed by atoms with E-state index in [4.69, 9.17) is 10.5 Å². The minimum absolute atomic E-state index is 0.380. The van der Waals surface area contributed by atoms with Crippen molar-refractivity contribution in [3.63, 3.8) is 0 Å². The number of nitrogens with two attached hydrogens (primary N) is 1. The van der Waals surface area contributed by atoms with Crippen LogP contribution in [0.5, 0.6) is 11.6 Å². The molecule has 5 nitrogen and oxygen atoms in total. The molecule has 1 unspecified atom stereocenters. The number of carbonyl (C=O) groups is 1. The van der Waals surface area contributed by atoms with Gasteiger partial charge < -0.3 is 15.2 Å². The van der Waals surface area contributed by atoms with Crippen LogP contribution >= 0.6 is 0 Å². The molecule has 2 aromatic rings. The lowest BCUT2D eigenvalue weighted by atomic mass is 10.1. The average molecular weight is 272 g/mol. The van der Waals surface area contributed by atoms with Gasteiger partial charge in [-0.15, -0.1) is 0 Å². The number of rotatable bonds is 5. The molecule has 0 aliphatic rings. The van der Waals surface area contributed by atoms with E-state index in [0.717, 1.165) is 11.3 Å². The normalized spacial score (nSPS) is 11.7. The molecular formula is C15H16N2O3. The number of hydrogen-bond donors (Lipinski definition) is 1. The smallest absolute Gasteiger partial charge is 0.322 e. The Morgan fingerprint density at radius 1 is 1.25 bits per heavy atom. The zero-order valence-corrected chi connectivity index (χ0v) is 11.2. The second-order valence-corrected chi connectivity index (χ2v) is 4.25. The number of benzene rings is 1. The van der Waals surface area contributed by atoms with Crippen molar-refractivity contribution in [2.75, 3.05) is 7.11 Å². The minimum atomic E-state index is -0.678. The van der Waals surface area contributed by atoms with Gasteiger partial charge in [0.05, 0.1) is 7.11 Å². The zero-order chi connectivity index (χ0) is 14.4. The topological polar surface area (TPSA) is 74.4 Å². The summed E-state index contributed by atoms with van der Waals surface area (Å²) in [5.41, 5.74) is 6.54. The number of ether oxygens (including phenoxy) is 2. The lowest BCUT2D eigenvalue weighted by Gasteiger charge is -2.09. The molecule has 0 bridgehead atoms. The van der Waals surface area contributed by atoms with Crippen LogP contribution < -0.4 is 10.5 Å². The fourth-order valence-corrected chi connectivity index (χ4v) is 1.69. The highest BCUT2D eigenvalue weighted by Crippen LogP contribution is 2.18. The highest BCUT2D eigenvalue weighted by atomic mass is 16.5. The van der Waals surface area contributed by atoms with Gasteiger partial charge in [-0.25, -0.2) is 4.98 Å². The number of carbonyl (C=O) groups excluding carboxylic acids is 1. The molecule has 1 aromatic heterocycles. The summed E-state index contributed by atoms with van der Waals surface area (Å²) in [6.07, 6.45) is 2.02. The molecule has 0 fully saturated rings. The van der Waals surface area contributed by atoms with Crippen molar-refractivity contribution >= 4 is 5.97 Å². The van der Waals surface area contributed by atoms with Crippen LogP contribution in [0.2, 0.25) is 0 Å². The van der Waals surface area contributed by atoms with Crippen molar-refractivity contribution in [1.29, 1.82) is 0 Å². The number of aromatic nitrogens is 1. The number of pyridine rings is 1. The van der Waals surface area contributed by atoms with E-state index in [2.05, 4.69) is 9.72 Å². The molecule has 0 saturated heterocycles. The van der Waals surface area contributed by atoms with E-state index in [0.29, 0.717) is 12.3 Å². The fraction of sp³-hybridized carbons (Fsp3) is 0.200. The van der Waals surface area contributed by atoms with Gasteiger partial charge in [-0.05, 0) is 24.1 Å². The Labute approximate surface area is 117 Å². The third-order valence-electron chi connectivity index (χ3n) is 2.72. The van der Waals surface area contributed by atoms with Crippen molar-refractivity contribution in [1.82, 2.24) is 4.98 Å². The van der Waals surface area contributed by atoms with E-state index in [1.807, 2.05) is 36.4 Å². The third-order valence-corrected chi connectivity index (χ3v) is 2.72. The van der Waals surface area contributed by atoms with Gasteiger partial charge in [0.15, 0.2) is 0 Å². The van der Waals surface area contributed by atoms with Gasteiger partial charge >= 0.3 is 5.97 Å². The van der Waals surface area contributed by atoms with Crippen LogP contribution in [-0.4, -0.2) is 24.1 Å². The van der Waals surface area contributed by atoms with Crippen molar-refractivity contribution in [2.45, 2.75) is 12.5 Å². The van der Waals surface area contributed by atoms with E-state index in [9.17, 15) is 4.79 Å². The summed E-state index contributed by atoms with van der Waals surface area (Å²) in [5, 5.41) is 0. The molecule has 0 aliphatic carbocycles. The predicted octanol–water partition coefficient (Wildman–Crippen LogP) is 1.92. The minimum Gasteiger partial charge on any atom is -0.468 e. The molecule has 2 N–H and O–H groups in total. The molecule has 1 heterocycles. The molecule has 0 aliphatic heterocycles. The van der Waals surface area contributed by atoms with E-state index < -0.39 is 12.0 Å². The molecule has 1 aromatic carbocycles. The Kier molecular flexibility index (Phi) is 4.68. The van der Waals surface area contributed by atoms with Gasteiger partial charge in [0, 0.05) is 12.3 Å². The molecule has 0 saturated carbocycles. The van der Waals surface area contributed by atoms with Gasteiger partial charge in [-0.3, -0.25) is 4.79 Å². The van der Waals surface area contributed by atoms with Crippen molar-refractivity contribution in [2.24, 2.45) is 5.73 Å². The monoisotopic (exact) mass is 272 g/mol. The van der Waals surface area contributed by atoms with Crippen molar-refractivity contribution in [3.8, 4) is 11.6 Å². The first kappa shape index (κ1) is 14.0. The van der Waals surface area contributed by atoms with Crippen molar-refractivity contribution in [3.05, 3.63) is 54.2 Å². The lowest BCUT2D eigenvalue weighted by Crippen LogP contribution is -2.33. The summed E-state index contributed by atoms with van der Waals surface area (Å²) < 4.78 is 10.2. The highest BCUT2D eigenvalue weighted by molar-refractivity contribution is 5.75. The number of hydrogen-bond acceptors (Lipinski definition) is 5. The first-order chi connectivity index (χ1) is 9.69. The first-order valence-corrected chi connectivity index (χ1v) is 6.20. The number of nitrogens with zero attached hydrogens (tertiary/aromatic N) is 1. The summed E-state index contributed by atoms with van der Waals surface area (Å²) in [5.74, 6) is 0.778. The maximum atomic E-state index is 11.2. The van der Waals surface area contributed by atoms with E-state index in [-0.39, 0.29) is 0 Å². The molecule has 104 valence electrons.